The molecule has 1 N–H and O–H groups in total. The molecule has 30 heavy (non-hydrogen) atoms. The summed E-state index contributed by atoms with van der Waals surface area (Å²) in [6.45, 7) is 2.56. The highest BCUT2D eigenvalue weighted by molar-refractivity contribution is 7.18. The van der Waals surface area contributed by atoms with Crippen LogP contribution in [0.1, 0.15) is 40.9 Å². The van der Waals surface area contributed by atoms with E-state index >= 15 is 0 Å². The van der Waals surface area contributed by atoms with Crippen LogP contribution in [0.5, 0.6) is 5.75 Å². The number of hydrogen-bond acceptors (Lipinski definition) is 4. The number of rotatable bonds is 6. The number of nitrogens with zero attached hydrogens (tertiary/aromatic N) is 1. The molecule has 3 aromatic rings. The molecule has 0 atom stereocenters. The molecule has 4 nitrogen and oxygen atoms in total. The zero-order chi connectivity index (χ0) is 20.8. The van der Waals surface area contributed by atoms with Crippen molar-refractivity contribution in [1.29, 1.82) is 0 Å². The summed E-state index contributed by atoms with van der Waals surface area (Å²) in [6, 6.07) is 20.2. The van der Waals surface area contributed by atoms with Crippen molar-refractivity contribution in [3.63, 3.8) is 0 Å². The lowest BCUT2D eigenvalue weighted by Gasteiger charge is -2.22. The van der Waals surface area contributed by atoms with E-state index in [1.807, 2.05) is 30.3 Å². The Morgan fingerprint density at radius 1 is 1.00 bits per heavy atom. The number of thiophene rings is 1. The number of carbonyl (C=O) groups excluding carboxylic acids is 1. The molecular weight excluding hydrogens is 392 g/mol. The predicted molar refractivity (Wildman–Crippen MR) is 125 cm³/mol. The molecule has 5 heteroatoms. The zero-order valence-corrected chi connectivity index (χ0v) is 18.2. The molecule has 0 aliphatic carbocycles. The number of methoxy groups -OCH3 is 1. The van der Waals surface area contributed by atoms with Crippen LogP contribution in [-0.2, 0) is 6.54 Å². The largest absolute Gasteiger partial charge is 0.496 e. The second-order valence-electron chi connectivity index (χ2n) is 7.59. The summed E-state index contributed by atoms with van der Waals surface area (Å²) in [6.07, 6.45) is 4.99. The first-order valence-electron chi connectivity index (χ1n) is 10.6. The number of hydrogen-bond donors (Lipinski definition) is 1. The molecule has 1 aromatic heterocycles. The fourth-order valence-corrected chi connectivity index (χ4v) is 5.09. The highest BCUT2D eigenvalue weighted by atomic mass is 32.1. The molecule has 0 unspecified atom stereocenters. The number of ether oxygens (including phenoxy) is 1. The number of nitrogens with one attached hydrogen (secondary N) is 1. The minimum absolute atomic E-state index is 0.0378. The highest BCUT2D eigenvalue weighted by Gasteiger charge is 2.21. The molecule has 4 rings (SSSR count). The summed E-state index contributed by atoms with van der Waals surface area (Å²) in [7, 11) is 1.65. The van der Waals surface area contributed by atoms with Crippen LogP contribution >= 0.6 is 11.3 Å². The van der Waals surface area contributed by atoms with Crippen LogP contribution in [0.2, 0.25) is 0 Å². The van der Waals surface area contributed by atoms with E-state index in [1.165, 1.54) is 30.7 Å². The van der Waals surface area contributed by atoms with Crippen molar-refractivity contribution in [3.05, 3.63) is 71.1 Å². The first-order chi connectivity index (χ1) is 14.8. The Kier molecular flexibility index (Phi) is 6.70. The third kappa shape index (κ3) is 4.68. The Hall–Kier alpha value is -2.79. The van der Waals surface area contributed by atoms with Crippen LogP contribution < -0.4 is 15.0 Å². The standard InChI is InChI=1S/C25H28N2O2S/c1-29-22-14-8-7-13-20(22)18-26-24(28)23-17-21(19-11-5-4-6-12-19)25(30-23)27-15-9-2-3-10-16-27/h4-8,11-14,17H,2-3,9-10,15-16,18H2,1H3,(H,26,28). The number of amides is 1. The fourth-order valence-electron chi connectivity index (χ4n) is 3.94. The molecule has 1 aliphatic rings. The van der Waals surface area contributed by atoms with Gasteiger partial charge in [0.05, 0.1) is 17.0 Å². The van der Waals surface area contributed by atoms with E-state index in [9.17, 15) is 4.79 Å². The highest BCUT2D eigenvalue weighted by Crippen LogP contribution is 2.40. The maximum atomic E-state index is 13.0. The van der Waals surface area contributed by atoms with Crippen molar-refractivity contribution in [2.45, 2.75) is 32.2 Å². The van der Waals surface area contributed by atoms with Gasteiger partial charge in [-0.15, -0.1) is 11.3 Å². The maximum absolute atomic E-state index is 13.0. The van der Waals surface area contributed by atoms with Gasteiger partial charge < -0.3 is 15.0 Å². The van der Waals surface area contributed by atoms with E-state index in [0.717, 1.165) is 40.4 Å². The Balaban J connectivity index is 1.59. The van der Waals surface area contributed by atoms with Gasteiger partial charge in [-0.25, -0.2) is 0 Å². The normalized spacial score (nSPS) is 14.2. The average molecular weight is 421 g/mol. The summed E-state index contributed by atoms with van der Waals surface area (Å²) < 4.78 is 5.40. The lowest BCUT2D eigenvalue weighted by Crippen LogP contribution is -2.23. The van der Waals surface area contributed by atoms with Crippen LogP contribution in [0.15, 0.2) is 60.7 Å². The maximum Gasteiger partial charge on any atom is 0.261 e. The van der Waals surface area contributed by atoms with E-state index in [2.05, 4.69) is 40.5 Å². The van der Waals surface area contributed by atoms with Gasteiger partial charge in [-0.1, -0.05) is 61.4 Å². The van der Waals surface area contributed by atoms with Gasteiger partial charge >= 0.3 is 0 Å². The number of carbonyl (C=O) groups is 1. The lowest BCUT2D eigenvalue weighted by molar-refractivity contribution is 0.0955. The molecular formula is C25H28N2O2S. The van der Waals surface area contributed by atoms with E-state index in [4.69, 9.17) is 4.74 Å². The summed E-state index contributed by atoms with van der Waals surface area (Å²) in [4.78, 5) is 16.2. The Morgan fingerprint density at radius 3 is 2.43 bits per heavy atom. The second kappa shape index (κ2) is 9.81. The van der Waals surface area contributed by atoms with Gasteiger partial charge in [0.15, 0.2) is 0 Å². The van der Waals surface area contributed by atoms with Crippen molar-refractivity contribution in [2.75, 3.05) is 25.1 Å². The smallest absolute Gasteiger partial charge is 0.261 e. The fraction of sp³-hybridized carbons (Fsp3) is 0.320. The summed E-state index contributed by atoms with van der Waals surface area (Å²) in [5.41, 5.74) is 3.29. The van der Waals surface area contributed by atoms with Gasteiger partial charge in [-0.2, -0.15) is 0 Å². The van der Waals surface area contributed by atoms with Gasteiger partial charge in [-0.05, 0) is 30.5 Å². The monoisotopic (exact) mass is 420 g/mol. The molecule has 0 radical (unpaired) electrons. The molecule has 0 spiro atoms. The minimum atomic E-state index is -0.0378. The van der Waals surface area contributed by atoms with Gasteiger partial charge in [-0.3, -0.25) is 4.79 Å². The van der Waals surface area contributed by atoms with Crippen molar-refractivity contribution >= 4 is 22.2 Å². The van der Waals surface area contributed by atoms with Gasteiger partial charge in [0, 0.05) is 30.8 Å². The predicted octanol–water partition coefficient (Wildman–Crippen LogP) is 5.73. The third-order valence-electron chi connectivity index (χ3n) is 5.55. The summed E-state index contributed by atoms with van der Waals surface area (Å²) in [5.74, 6) is 0.753. The van der Waals surface area contributed by atoms with E-state index in [-0.39, 0.29) is 5.91 Å². The first kappa shape index (κ1) is 20.5. The van der Waals surface area contributed by atoms with Crippen LogP contribution in [0.4, 0.5) is 5.00 Å². The lowest BCUT2D eigenvalue weighted by atomic mass is 10.1. The van der Waals surface area contributed by atoms with E-state index < -0.39 is 0 Å². The van der Waals surface area contributed by atoms with Gasteiger partial charge in [0.1, 0.15) is 5.75 Å². The number of benzene rings is 2. The molecule has 0 saturated carbocycles. The molecule has 156 valence electrons. The van der Waals surface area contributed by atoms with Crippen LogP contribution in [0, 0.1) is 0 Å². The van der Waals surface area contributed by atoms with Crippen LogP contribution in [0.25, 0.3) is 11.1 Å². The van der Waals surface area contributed by atoms with Crippen molar-refractivity contribution in [2.24, 2.45) is 0 Å². The third-order valence-corrected chi connectivity index (χ3v) is 6.74. The quantitative estimate of drug-likeness (QED) is 0.553. The topological polar surface area (TPSA) is 41.6 Å². The van der Waals surface area contributed by atoms with Crippen molar-refractivity contribution in [3.8, 4) is 16.9 Å². The number of anilines is 1. The molecule has 2 aromatic carbocycles. The SMILES string of the molecule is COc1ccccc1CNC(=O)c1cc(-c2ccccc2)c(N2CCCCCC2)s1. The molecule has 2 heterocycles. The van der Waals surface area contributed by atoms with Gasteiger partial charge in [0.25, 0.3) is 5.91 Å². The average Bonchev–Trinajstić information content (AvgIpc) is 3.07. The second-order valence-corrected chi connectivity index (χ2v) is 8.62. The van der Waals surface area contributed by atoms with Crippen molar-refractivity contribution in [1.82, 2.24) is 5.32 Å². The zero-order valence-electron chi connectivity index (χ0n) is 17.4. The molecule has 1 aliphatic heterocycles. The van der Waals surface area contributed by atoms with E-state index in [0.29, 0.717) is 6.54 Å². The summed E-state index contributed by atoms with van der Waals surface area (Å²) >= 11 is 1.61. The molecule has 0 bridgehead atoms. The van der Waals surface area contributed by atoms with Gasteiger partial charge in [0.2, 0.25) is 0 Å². The van der Waals surface area contributed by atoms with Crippen LogP contribution in [0.3, 0.4) is 0 Å². The molecule has 1 saturated heterocycles. The molecule has 1 fully saturated rings. The minimum Gasteiger partial charge on any atom is -0.496 e. The molecule has 1 amide bonds. The summed E-state index contributed by atoms with van der Waals surface area (Å²) in [5, 5.41) is 4.28. The Morgan fingerprint density at radius 2 is 1.70 bits per heavy atom. The van der Waals surface area contributed by atoms with E-state index in [1.54, 1.807) is 18.4 Å². The number of para-hydroxylation sites is 1. The van der Waals surface area contributed by atoms with Crippen LogP contribution in [-0.4, -0.2) is 26.1 Å². The first-order valence-corrected chi connectivity index (χ1v) is 11.4. The van der Waals surface area contributed by atoms with Crippen molar-refractivity contribution < 1.29 is 9.53 Å². The Bertz CT molecular complexity index is 976. The Labute approximate surface area is 182 Å².